The Morgan fingerprint density at radius 1 is 1.05 bits per heavy atom. The van der Waals surface area contributed by atoms with Gasteiger partial charge >= 0.3 is 0 Å². The van der Waals surface area contributed by atoms with Gasteiger partial charge in [0.05, 0.1) is 19.8 Å². The molecule has 22 heavy (non-hydrogen) atoms. The molecule has 0 saturated heterocycles. The first kappa shape index (κ1) is 14.1. The summed E-state index contributed by atoms with van der Waals surface area (Å²) in [6.07, 6.45) is -0.439. The van der Waals surface area contributed by atoms with E-state index in [1.54, 1.807) is 18.2 Å². The summed E-state index contributed by atoms with van der Waals surface area (Å²) in [6, 6.07) is 10.6. The zero-order chi connectivity index (χ0) is 15.7. The largest absolute Gasteiger partial charge is 0.502 e. The Morgan fingerprint density at radius 3 is 2.32 bits per heavy atom. The summed E-state index contributed by atoms with van der Waals surface area (Å²) in [5.41, 5.74) is 2.06. The van der Waals surface area contributed by atoms with Crippen LogP contribution >= 0.6 is 0 Å². The van der Waals surface area contributed by atoms with Gasteiger partial charge in [0.25, 0.3) is 5.91 Å². The van der Waals surface area contributed by atoms with E-state index in [0.29, 0.717) is 11.1 Å². The van der Waals surface area contributed by atoms with E-state index in [1.165, 1.54) is 14.2 Å². The number of carbonyl (C=O) groups excluding carboxylic acids is 1. The molecular formula is C16H16N2O4. The number of ether oxygens (including phenoxy) is 2. The van der Waals surface area contributed by atoms with Crippen LogP contribution in [0.4, 0.5) is 5.69 Å². The monoisotopic (exact) mass is 300 g/mol. The Bertz CT molecular complexity index is 705. The maximum absolute atomic E-state index is 12.2. The highest BCUT2D eigenvalue weighted by molar-refractivity contribution is 6.01. The van der Waals surface area contributed by atoms with Gasteiger partial charge in [0.1, 0.15) is 6.17 Å². The molecule has 0 saturated carbocycles. The summed E-state index contributed by atoms with van der Waals surface area (Å²) in [4.78, 5) is 12.2. The summed E-state index contributed by atoms with van der Waals surface area (Å²) in [5, 5.41) is 16.1. The Morgan fingerprint density at radius 2 is 1.68 bits per heavy atom. The predicted molar refractivity (Wildman–Crippen MR) is 81.5 cm³/mol. The molecule has 1 heterocycles. The van der Waals surface area contributed by atoms with Crippen LogP contribution in [0.25, 0.3) is 0 Å². The van der Waals surface area contributed by atoms with Gasteiger partial charge in [-0.2, -0.15) is 0 Å². The zero-order valence-electron chi connectivity index (χ0n) is 12.2. The van der Waals surface area contributed by atoms with Crippen molar-refractivity contribution < 1.29 is 19.4 Å². The van der Waals surface area contributed by atoms with Gasteiger partial charge < -0.3 is 25.2 Å². The zero-order valence-corrected chi connectivity index (χ0v) is 12.2. The number of fused-ring (bicyclic) bond motifs is 1. The molecule has 6 nitrogen and oxygen atoms in total. The van der Waals surface area contributed by atoms with Crippen LogP contribution in [0.2, 0.25) is 0 Å². The van der Waals surface area contributed by atoms with Crippen LogP contribution in [0.1, 0.15) is 22.1 Å². The maximum Gasteiger partial charge on any atom is 0.255 e. The molecular weight excluding hydrogens is 284 g/mol. The number of methoxy groups -OCH3 is 2. The summed E-state index contributed by atoms with van der Waals surface area (Å²) in [7, 11) is 2.92. The molecule has 0 aromatic heterocycles. The van der Waals surface area contributed by atoms with Crippen LogP contribution in [-0.4, -0.2) is 25.2 Å². The van der Waals surface area contributed by atoms with Gasteiger partial charge in [-0.15, -0.1) is 0 Å². The van der Waals surface area contributed by atoms with Crippen molar-refractivity contribution in [3.8, 4) is 17.2 Å². The maximum atomic E-state index is 12.2. The fraction of sp³-hybridized carbons (Fsp3) is 0.188. The highest BCUT2D eigenvalue weighted by atomic mass is 16.5. The molecule has 3 rings (SSSR count). The topological polar surface area (TPSA) is 79.8 Å². The lowest BCUT2D eigenvalue weighted by Crippen LogP contribution is -2.38. The van der Waals surface area contributed by atoms with Gasteiger partial charge in [0, 0.05) is 11.3 Å². The second-order valence-electron chi connectivity index (χ2n) is 4.87. The highest BCUT2D eigenvalue weighted by Gasteiger charge is 2.26. The number of phenolic OH excluding ortho intramolecular Hbond substituents is 1. The van der Waals surface area contributed by atoms with Crippen molar-refractivity contribution in [3.63, 3.8) is 0 Å². The van der Waals surface area contributed by atoms with Gasteiger partial charge in [-0.25, -0.2) is 0 Å². The third kappa shape index (κ3) is 2.28. The van der Waals surface area contributed by atoms with Gasteiger partial charge in [0.15, 0.2) is 11.5 Å². The van der Waals surface area contributed by atoms with Gasteiger partial charge in [-0.1, -0.05) is 12.1 Å². The molecule has 1 unspecified atom stereocenters. The molecule has 1 atom stereocenters. The number of para-hydroxylation sites is 1. The summed E-state index contributed by atoms with van der Waals surface area (Å²) < 4.78 is 10.3. The molecule has 0 radical (unpaired) electrons. The normalized spacial score (nSPS) is 16.3. The predicted octanol–water partition coefficient (Wildman–Crippen LogP) is 2.26. The Hall–Kier alpha value is -2.89. The molecule has 1 amide bonds. The van der Waals surface area contributed by atoms with E-state index in [9.17, 15) is 9.90 Å². The molecule has 0 bridgehead atoms. The number of amides is 1. The highest BCUT2D eigenvalue weighted by Crippen LogP contribution is 2.39. The third-order valence-corrected chi connectivity index (χ3v) is 3.58. The molecule has 2 aromatic carbocycles. The van der Waals surface area contributed by atoms with Crippen LogP contribution in [0.3, 0.4) is 0 Å². The number of aromatic hydroxyl groups is 1. The van der Waals surface area contributed by atoms with Crippen molar-refractivity contribution in [2.75, 3.05) is 19.5 Å². The number of hydrogen-bond donors (Lipinski definition) is 3. The van der Waals surface area contributed by atoms with Crippen LogP contribution in [0.15, 0.2) is 36.4 Å². The van der Waals surface area contributed by atoms with Crippen LogP contribution in [0, 0.1) is 0 Å². The average Bonchev–Trinajstić information content (AvgIpc) is 2.55. The first-order valence-electron chi connectivity index (χ1n) is 6.75. The minimum absolute atomic E-state index is 0.0729. The number of anilines is 1. The van der Waals surface area contributed by atoms with Crippen LogP contribution in [0.5, 0.6) is 17.2 Å². The fourth-order valence-corrected chi connectivity index (χ4v) is 2.45. The van der Waals surface area contributed by atoms with E-state index >= 15 is 0 Å². The van der Waals surface area contributed by atoms with Crippen molar-refractivity contribution >= 4 is 11.6 Å². The van der Waals surface area contributed by atoms with E-state index < -0.39 is 6.17 Å². The van der Waals surface area contributed by atoms with Crippen molar-refractivity contribution in [3.05, 3.63) is 47.5 Å². The van der Waals surface area contributed by atoms with Crippen molar-refractivity contribution in [1.29, 1.82) is 0 Å². The first-order valence-corrected chi connectivity index (χ1v) is 6.75. The number of phenols is 1. The van der Waals surface area contributed by atoms with Crippen LogP contribution < -0.4 is 20.1 Å². The third-order valence-electron chi connectivity index (χ3n) is 3.58. The first-order chi connectivity index (χ1) is 10.6. The Labute approximate surface area is 127 Å². The van der Waals surface area contributed by atoms with Crippen molar-refractivity contribution in [1.82, 2.24) is 5.32 Å². The molecule has 6 heteroatoms. The summed E-state index contributed by atoms with van der Waals surface area (Å²) in [5.74, 6) is 0.329. The van der Waals surface area contributed by atoms with E-state index in [0.717, 1.165) is 5.69 Å². The lowest BCUT2D eigenvalue weighted by molar-refractivity contribution is 0.0935. The molecule has 3 N–H and O–H groups in total. The van der Waals surface area contributed by atoms with Crippen LogP contribution in [-0.2, 0) is 0 Å². The van der Waals surface area contributed by atoms with E-state index in [4.69, 9.17) is 9.47 Å². The summed E-state index contributed by atoms with van der Waals surface area (Å²) in [6.45, 7) is 0. The molecule has 0 fully saturated rings. The lowest BCUT2D eigenvalue weighted by atomic mass is 10.0. The van der Waals surface area contributed by atoms with Gasteiger partial charge in [0.2, 0.25) is 5.75 Å². The smallest absolute Gasteiger partial charge is 0.255 e. The minimum Gasteiger partial charge on any atom is -0.502 e. The van der Waals surface area contributed by atoms with E-state index in [1.807, 2.05) is 18.2 Å². The Balaban J connectivity index is 2.01. The minimum atomic E-state index is -0.439. The number of rotatable bonds is 3. The average molecular weight is 300 g/mol. The molecule has 1 aliphatic heterocycles. The molecule has 114 valence electrons. The Kier molecular flexibility index (Phi) is 3.50. The quantitative estimate of drug-likeness (QED) is 0.810. The van der Waals surface area contributed by atoms with E-state index in [2.05, 4.69) is 10.6 Å². The van der Waals surface area contributed by atoms with Gasteiger partial charge in [-0.05, 0) is 24.3 Å². The number of benzene rings is 2. The number of nitrogens with one attached hydrogen (secondary N) is 2. The second kappa shape index (κ2) is 5.48. The summed E-state index contributed by atoms with van der Waals surface area (Å²) >= 11 is 0. The van der Waals surface area contributed by atoms with Crippen molar-refractivity contribution in [2.45, 2.75) is 6.17 Å². The molecule has 1 aliphatic rings. The standard InChI is InChI=1S/C16H16N2O4/c1-21-12-7-9(8-13(22-2)14(12)19)15-17-11-6-4-3-5-10(11)16(20)18-15/h3-8,15,17,19H,1-2H3,(H,18,20). The molecule has 0 spiro atoms. The van der Waals surface area contributed by atoms with E-state index in [-0.39, 0.29) is 23.2 Å². The SMILES string of the molecule is COc1cc(C2NC(=O)c3ccccc3N2)cc(OC)c1O. The fourth-order valence-electron chi connectivity index (χ4n) is 2.45. The number of carbonyl (C=O) groups is 1. The van der Waals surface area contributed by atoms with Gasteiger partial charge in [-0.3, -0.25) is 4.79 Å². The molecule has 2 aromatic rings. The molecule has 0 aliphatic carbocycles. The second-order valence-corrected chi connectivity index (χ2v) is 4.87. The van der Waals surface area contributed by atoms with Crippen molar-refractivity contribution in [2.24, 2.45) is 0 Å². The number of hydrogen-bond acceptors (Lipinski definition) is 5. The lowest BCUT2D eigenvalue weighted by Gasteiger charge is -2.28.